The van der Waals surface area contributed by atoms with Gasteiger partial charge in [0.05, 0.1) is 6.10 Å². The Labute approximate surface area is 98.4 Å². The smallest absolute Gasteiger partial charge is 0.0735 e. The zero-order chi connectivity index (χ0) is 11.0. The molecule has 0 aromatic rings. The van der Waals surface area contributed by atoms with E-state index >= 15 is 0 Å². The Morgan fingerprint density at radius 1 is 0.938 bits per heavy atom. The summed E-state index contributed by atoms with van der Waals surface area (Å²) >= 11 is 0. The molecule has 3 heterocycles. The molecule has 16 heavy (non-hydrogen) atoms. The molecule has 3 saturated heterocycles. The van der Waals surface area contributed by atoms with Crippen LogP contribution in [0, 0.1) is 5.92 Å². The van der Waals surface area contributed by atoms with Gasteiger partial charge in [0.1, 0.15) is 0 Å². The number of nitrogens with zero attached hydrogens (tertiary/aromatic N) is 2. The highest BCUT2D eigenvalue weighted by Crippen LogP contribution is 2.31. The van der Waals surface area contributed by atoms with Crippen molar-refractivity contribution in [2.45, 2.75) is 44.2 Å². The van der Waals surface area contributed by atoms with Crippen LogP contribution in [0.1, 0.15) is 32.1 Å². The topological polar surface area (TPSA) is 26.7 Å². The number of hydrogen-bond donors (Lipinski definition) is 1. The first-order valence-electron chi connectivity index (χ1n) is 6.99. The third-order valence-corrected chi connectivity index (χ3v) is 4.85. The Kier molecular flexibility index (Phi) is 3.18. The van der Waals surface area contributed by atoms with Gasteiger partial charge in [-0.3, -0.25) is 9.80 Å². The van der Waals surface area contributed by atoms with Crippen LogP contribution in [0.2, 0.25) is 0 Å². The standard InChI is InChI=1S/C13H24N2O/c16-13(11-4-2-1-3-5-11)12-10-14-6-8-15(12)9-7-14/h11-13,16H,1-10H2. The number of aliphatic hydroxyl groups is 1. The van der Waals surface area contributed by atoms with Gasteiger partial charge in [0.2, 0.25) is 0 Å². The number of hydrogen-bond acceptors (Lipinski definition) is 3. The highest BCUT2D eigenvalue weighted by Gasteiger charge is 2.39. The summed E-state index contributed by atoms with van der Waals surface area (Å²) in [6, 6.07) is 0.436. The van der Waals surface area contributed by atoms with Gasteiger partial charge in [-0.15, -0.1) is 0 Å². The van der Waals surface area contributed by atoms with E-state index in [1.165, 1.54) is 58.3 Å². The summed E-state index contributed by atoms with van der Waals surface area (Å²) in [5, 5.41) is 10.6. The Hall–Kier alpha value is -0.120. The number of fused-ring (bicyclic) bond motifs is 3. The molecule has 1 saturated carbocycles. The highest BCUT2D eigenvalue weighted by molar-refractivity contribution is 4.94. The minimum atomic E-state index is -0.0663. The summed E-state index contributed by atoms with van der Waals surface area (Å²) in [6.45, 7) is 5.89. The molecule has 3 heteroatoms. The van der Waals surface area contributed by atoms with E-state index in [1.54, 1.807) is 0 Å². The van der Waals surface area contributed by atoms with Crippen LogP contribution in [-0.2, 0) is 0 Å². The molecule has 0 amide bonds. The molecule has 0 spiro atoms. The van der Waals surface area contributed by atoms with Gasteiger partial charge in [0.15, 0.2) is 0 Å². The minimum Gasteiger partial charge on any atom is -0.391 e. The molecule has 2 unspecified atom stereocenters. The van der Waals surface area contributed by atoms with E-state index in [0.717, 1.165) is 6.54 Å². The quantitative estimate of drug-likeness (QED) is 0.756. The normalized spacial score (nSPS) is 42.2. The van der Waals surface area contributed by atoms with Gasteiger partial charge < -0.3 is 5.11 Å². The first kappa shape index (κ1) is 11.0. The maximum absolute atomic E-state index is 10.6. The van der Waals surface area contributed by atoms with Crippen molar-refractivity contribution >= 4 is 0 Å². The zero-order valence-electron chi connectivity index (χ0n) is 10.1. The van der Waals surface area contributed by atoms with Crippen molar-refractivity contribution in [2.75, 3.05) is 32.7 Å². The lowest BCUT2D eigenvalue weighted by molar-refractivity contribution is -0.0698. The zero-order valence-corrected chi connectivity index (χ0v) is 10.1. The lowest BCUT2D eigenvalue weighted by Crippen LogP contribution is -2.65. The highest BCUT2D eigenvalue weighted by atomic mass is 16.3. The Morgan fingerprint density at radius 2 is 1.62 bits per heavy atom. The Bertz CT molecular complexity index is 232. The van der Waals surface area contributed by atoms with Gasteiger partial charge in [-0.1, -0.05) is 19.3 Å². The summed E-state index contributed by atoms with van der Waals surface area (Å²) in [5.74, 6) is 0.583. The van der Waals surface area contributed by atoms with Crippen molar-refractivity contribution in [1.29, 1.82) is 0 Å². The van der Waals surface area contributed by atoms with Gasteiger partial charge in [-0.2, -0.15) is 0 Å². The molecule has 92 valence electrons. The van der Waals surface area contributed by atoms with Crippen molar-refractivity contribution in [1.82, 2.24) is 9.80 Å². The summed E-state index contributed by atoms with van der Waals surface area (Å²) < 4.78 is 0. The van der Waals surface area contributed by atoms with Crippen molar-refractivity contribution in [3.63, 3.8) is 0 Å². The second-order valence-corrected chi connectivity index (χ2v) is 5.79. The molecule has 1 aliphatic carbocycles. The van der Waals surface area contributed by atoms with Crippen molar-refractivity contribution in [2.24, 2.45) is 5.92 Å². The van der Waals surface area contributed by atoms with Crippen LogP contribution >= 0.6 is 0 Å². The fraction of sp³-hybridized carbons (Fsp3) is 1.00. The first-order valence-corrected chi connectivity index (χ1v) is 6.99. The van der Waals surface area contributed by atoms with E-state index in [2.05, 4.69) is 9.80 Å². The fourth-order valence-corrected chi connectivity index (χ4v) is 3.77. The summed E-state index contributed by atoms with van der Waals surface area (Å²) in [5.41, 5.74) is 0. The van der Waals surface area contributed by atoms with Crippen LogP contribution in [0.15, 0.2) is 0 Å². The fourth-order valence-electron chi connectivity index (χ4n) is 3.77. The van der Waals surface area contributed by atoms with Crippen molar-refractivity contribution in [3.05, 3.63) is 0 Å². The van der Waals surface area contributed by atoms with Gasteiger partial charge in [0.25, 0.3) is 0 Å². The molecular formula is C13H24N2O. The monoisotopic (exact) mass is 224 g/mol. The van der Waals surface area contributed by atoms with E-state index in [0.29, 0.717) is 12.0 Å². The molecule has 0 radical (unpaired) electrons. The van der Waals surface area contributed by atoms with Crippen LogP contribution in [0.5, 0.6) is 0 Å². The van der Waals surface area contributed by atoms with Gasteiger partial charge in [-0.05, 0) is 18.8 Å². The molecule has 0 aromatic heterocycles. The number of aliphatic hydroxyl groups excluding tert-OH is 1. The van der Waals surface area contributed by atoms with Crippen LogP contribution < -0.4 is 0 Å². The third kappa shape index (κ3) is 2.01. The Morgan fingerprint density at radius 3 is 2.19 bits per heavy atom. The largest absolute Gasteiger partial charge is 0.391 e. The van der Waals surface area contributed by atoms with E-state index in [9.17, 15) is 5.11 Å². The molecule has 3 nitrogen and oxygen atoms in total. The average molecular weight is 224 g/mol. The molecule has 4 fully saturated rings. The van der Waals surface area contributed by atoms with Crippen LogP contribution in [0.3, 0.4) is 0 Å². The molecular weight excluding hydrogens is 200 g/mol. The maximum Gasteiger partial charge on any atom is 0.0735 e. The second-order valence-electron chi connectivity index (χ2n) is 5.79. The lowest BCUT2D eigenvalue weighted by Gasteiger charge is -2.50. The number of piperazine rings is 3. The van der Waals surface area contributed by atoms with Crippen LogP contribution in [0.25, 0.3) is 0 Å². The van der Waals surface area contributed by atoms with Gasteiger partial charge in [-0.25, -0.2) is 0 Å². The predicted octanol–water partition coefficient (Wildman–Crippen LogP) is 0.927. The van der Waals surface area contributed by atoms with Gasteiger partial charge >= 0.3 is 0 Å². The third-order valence-electron chi connectivity index (χ3n) is 4.85. The minimum absolute atomic E-state index is 0.0663. The average Bonchev–Trinajstić information content (AvgIpc) is 2.40. The summed E-state index contributed by atoms with van der Waals surface area (Å²) in [6.07, 6.45) is 6.49. The molecule has 2 bridgehead atoms. The van der Waals surface area contributed by atoms with Crippen LogP contribution in [0.4, 0.5) is 0 Å². The SMILES string of the molecule is OC(C1CCCCC1)C1CN2CCN1CC2. The van der Waals surface area contributed by atoms with E-state index in [1.807, 2.05) is 0 Å². The molecule has 2 atom stereocenters. The van der Waals surface area contributed by atoms with Crippen molar-refractivity contribution in [3.8, 4) is 0 Å². The maximum atomic E-state index is 10.6. The van der Waals surface area contributed by atoms with Gasteiger partial charge in [0, 0.05) is 38.8 Å². The lowest BCUT2D eigenvalue weighted by atomic mass is 9.81. The predicted molar refractivity (Wildman–Crippen MR) is 64.4 cm³/mol. The summed E-state index contributed by atoms with van der Waals surface area (Å²) in [4.78, 5) is 5.05. The molecule has 4 rings (SSSR count). The molecule has 4 aliphatic rings. The first-order chi connectivity index (χ1) is 7.84. The van der Waals surface area contributed by atoms with E-state index < -0.39 is 0 Å². The van der Waals surface area contributed by atoms with Crippen LogP contribution in [-0.4, -0.2) is 59.8 Å². The van der Waals surface area contributed by atoms with E-state index in [-0.39, 0.29) is 6.10 Å². The summed E-state index contributed by atoms with van der Waals surface area (Å²) in [7, 11) is 0. The van der Waals surface area contributed by atoms with E-state index in [4.69, 9.17) is 0 Å². The molecule has 3 aliphatic heterocycles. The second kappa shape index (κ2) is 4.63. The number of rotatable bonds is 2. The molecule has 1 N–H and O–H groups in total. The Balaban J connectivity index is 1.63. The van der Waals surface area contributed by atoms with Crippen molar-refractivity contribution < 1.29 is 5.11 Å². The molecule has 0 aromatic carbocycles.